The molecular weight excluding hydrogens is 358 g/mol. The van der Waals surface area contributed by atoms with Crippen LogP contribution >= 0.6 is 0 Å². The van der Waals surface area contributed by atoms with E-state index in [0.717, 1.165) is 29.4 Å². The van der Waals surface area contributed by atoms with Gasteiger partial charge in [0.2, 0.25) is 0 Å². The minimum absolute atomic E-state index is 0.301. The quantitative estimate of drug-likeness (QED) is 0.709. The maximum absolute atomic E-state index is 11.6. The Morgan fingerprint density at radius 3 is 2.56 bits per heavy atom. The number of aromatic nitrogens is 2. The van der Waals surface area contributed by atoms with Gasteiger partial charge < -0.3 is 5.32 Å². The smallest absolute Gasteiger partial charge is 0.175 e. The number of benzene rings is 1. The van der Waals surface area contributed by atoms with Crippen molar-refractivity contribution in [3.05, 3.63) is 60.4 Å². The number of nitrogens with zero attached hydrogens (tertiary/aromatic N) is 2. The predicted molar refractivity (Wildman–Crippen MR) is 109 cm³/mol. The lowest BCUT2D eigenvalue weighted by Gasteiger charge is -2.15. The van der Waals surface area contributed by atoms with E-state index in [2.05, 4.69) is 27.4 Å². The number of pyridine rings is 2. The van der Waals surface area contributed by atoms with Gasteiger partial charge in [-0.15, -0.1) is 0 Å². The number of sulfone groups is 1. The first-order valence-corrected chi connectivity index (χ1v) is 10.9. The van der Waals surface area contributed by atoms with E-state index in [1.54, 1.807) is 30.5 Å². The summed E-state index contributed by atoms with van der Waals surface area (Å²) in [6.07, 6.45) is 11.8. The lowest BCUT2D eigenvalue weighted by molar-refractivity contribution is 0.602. The van der Waals surface area contributed by atoms with Gasteiger partial charge in [0, 0.05) is 23.5 Å². The van der Waals surface area contributed by atoms with Crippen molar-refractivity contribution in [2.24, 2.45) is 0 Å². The van der Waals surface area contributed by atoms with Crippen LogP contribution in [-0.4, -0.2) is 24.6 Å². The molecule has 3 aromatic rings. The number of hydrogen-bond donors (Lipinski definition) is 1. The van der Waals surface area contributed by atoms with Gasteiger partial charge in [-0.1, -0.05) is 6.08 Å². The van der Waals surface area contributed by atoms with Crippen molar-refractivity contribution in [2.75, 3.05) is 11.6 Å². The Hall–Kier alpha value is -2.73. The summed E-state index contributed by atoms with van der Waals surface area (Å²) < 4.78 is 23.2. The van der Waals surface area contributed by atoms with E-state index in [-0.39, 0.29) is 0 Å². The van der Waals surface area contributed by atoms with Gasteiger partial charge in [0.25, 0.3) is 0 Å². The summed E-state index contributed by atoms with van der Waals surface area (Å²) in [5.74, 6) is 0.709. The Labute approximate surface area is 159 Å². The Morgan fingerprint density at radius 1 is 1.04 bits per heavy atom. The SMILES string of the molecule is CS(=O)(=O)c1ccc(Nc2cc3c(C4=CCCCC4)ccnc3cn2)cc1. The third kappa shape index (κ3) is 3.85. The van der Waals surface area contributed by atoms with Crippen molar-refractivity contribution < 1.29 is 8.42 Å². The van der Waals surface area contributed by atoms with Gasteiger partial charge in [-0.3, -0.25) is 4.98 Å². The second-order valence-electron chi connectivity index (χ2n) is 6.84. The molecule has 1 aromatic carbocycles. The predicted octanol–water partition coefficient (Wildman–Crippen LogP) is 4.73. The minimum Gasteiger partial charge on any atom is -0.340 e. The van der Waals surface area contributed by atoms with E-state index in [4.69, 9.17) is 0 Å². The van der Waals surface area contributed by atoms with Crippen LogP contribution < -0.4 is 5.32 Å². The Kier molecular flexibility index (Phi) is 4.66. The molecule has 0 radical (unpaired) electrons. The van der Waals surface area contributed by atoms with Crippen LogP contribution in [0.3, 0.4) is 0 Å². The molecule has 27 heavy (non-hydrogen) atoms. The Bertz CT molecular complexity index is 1120. The van der Waals surface area contributed by atoms with Crippen LogP contribution in [0.25, 0.3) is 16.5 Å². The fourth-order valence-electron chi connectivity index (χ4n) is 3.41. The first-order valence-electron chi connectivity index (χ1n) is 9.02. The molecule has 2 aromatic heterocycles. The zero-order valence-corrected chi connectivity index (χ0v) is 16.0. The molecule has 4 rings (SSSR count). The number of allylic oxidation sites excluding steroid dienone is 2. The van der Waals surface area contributed by atoms with Crippen molar-refractivity contribution in [3.8, 4) is 0 Å². The average Bonchev–Trinajstić information content (AvgIpc) is 2.68. The van der Waals surface area contributed by atoms with E-state index in [1.165, 1.54) is 30.2 Å². The standard InChI is InChI=1S/C21H21N3O2S/c1-27(25,26)17-9-7-16(8-10-17)24-21-13-19-18(15-5-3-2-4-6-15)11-12-22-20(19)14-23-21/h5,7-14H,2-4,6H2,1H3,(H,23,24). The monoisotopic (exact) mass is 379 g/mol. The summed E-state index contributed by atoms with van der Waals surface area (Å²) in [5, 5.41) is 4.33. The van der Waals surface area contributed by atoms with Gasteiger partial charge in [0.1, 0.15) is 5.82 Å². The van der Waals surface area contributed by atoms with Crippen LogP contribution in [0.15, 0.2) is 59.8 Å². The number of hydrogen-bond acceptors (Lipinski definition) is 5. The lowest BCUT2D eigenvalue weighted by Crippen LogP contribution is -1.99. The van der Waals surface area contributed by atoms with Gasteiger partial charge in [-0.25, -0.2) is 13.4 Å². The van der Waals surface area contributed by atoms with Gasteiger partial charge in [-0.2, -0.15) is 0 Å². The van der Waals surface area contributed by atoms with Crippen molar-refractivity contribution in [1.82, 2.24) is 9.97 Å². The normalized spacial score (nSPS) is 14.8. The third-order valence-electron chi connectivity index (χ3n) is 4.82. The number of fused-ring (bicyclic) bond motifs is 1. The van der Waals surface area contributed by atoms with E-state index in [0.29, 0.717) is 10.7 Å². The summed E-state index contributed by atoms with van der Waals surface area (Å²) in [5.41, 5.74) is 4.26. The highest BCUT2D eigenvalue weighted by atomic mass is 32.2. The van der Waals surface area contributed by atoms with E-state index in [9.17, 15) is 8.42 Å². The van der Waals surface area contributed by atoms with Crippen molar-refractivity contribution in [1.29, 1.82) is 0 Å². The van der Waals surface area contributed by atoms with Crippen molar-refractivity contribution in [3.63, 3.8) is 0 Å². The van der Waals surface area contributed by atoms with Crippen LogP contribution in [0.1, 0.15) is 31.2 Å². The fourth-order valence-corrected chi connectivity index (χ4v) is 4.04. The van der Waals surface area contributed by atoms with Gasteiger partial charge in [0.05, 0.1) is 16.6 Å². The zero-order valence-electron chi connectivity index (χ0n) is 15.1. The highest BCUT2D eigenvalue weighted by Gasteiger charge is 2.12. The summed E-state index contributed by atoms with van der Waals surface area (Å²) in [6.45, 7) is 0. The van der Waals surface area contributed by atoms with Gasteiger partial charge in [0.15, 0.2) is 9.84 Å². The maximum Gasteiger partial charge on any atom is 0.175 e. The molecule has 0 unspecified atom stereocenters. The second kappa shape index (κ2) is 7.12. The topological polar surface area (TPSA) is 72.0 Å². The van der Waals surface area contributed by atoms with Crippen LogP contribution in [-0.2, 0) is 9.84 Å². The minimum atomic E-state index is -3.20. The first-order chi connectivity index (χ1) is 13.0. The summed E-state index contributed by atoms with van der Waals surface area (Å²) in [7, 11) is -3.20. The summed E-state index contributed by atoms with van der Waals surface area (Å²) in [6, 6.07) is 10.8. The molecule has 5 nitrogen and oxygen atoms in total. The second-order valence-corrected chi connectivity index (χ2v) is 8.86. The molecule has 0 fully saturated rings. The Morgan fingerprint density at radius 2 is 1.85 bits per heavy atom. The molecule has 0 amide bonds. The maximum atomic E-state index is 11.6. The highest BCUT2D eigenvalue weighted by Crippen LogP contribution is 2.32. The largest absolute Gasteiger partial charge is 0.340 e. The molecule has 1 aliphatic rings. The van der Waals surface area contributed by atoms with Crippen LogP contribution in [0.2, 0.25) is 0 Å². The van der Waals surface area contributed by atoms with Crippen molar-refractivity contribution >= 4 is 37.8 Å². The lowest BCUT2D eigenvalue weighted by atomic mass is 9.92. The molecule has 1 aliphatic carbocycles. The average molecular weight is 379 g/mol. The van der Waals surface area contributed by atoms with E-state index in [1.807, 2.05) is 12.3 Å². The molecule has 0 atom stereocenters. The third-order valence-corrected chi connectivity index (χ3v) is 5.95. The van der Waals surface area contributed by atoms with Crippen LogP contribution in [0.5, 0.6) is 0 Å². The van der Waals surface area contributed by atoms with Crippen LogP contribution in [0, 0.1) is 0 Å². The highest BCUT2D eigenvalue weighted by molar-refractivity contribution is 7.90. The summed E-state index contributed by atoms with van der Waals surface area (Å²) >= 11 is 0. The van der Waals surface area contributed by atoms with E-state index < -0.39 is 9.84 Å². The molecule has 138 valence electrons. The first kappa shape index (κ1) is 17.7. The van der Waals surface area contributed by atoms with Crippen LogP contribution in [0.4, 0.5) is 11.5 Å². The zero-order chi connectivity index (χ0) is 18.9. The number of rotatable bonds is 4. The summed E-state index contributed by atoms with van der Waals surface area (Å²) in [4.78, 5) is 9.19. The molecule has 6 heteroatoms. The molecular formula is C21H21N3O2S. The van der Waals surface area contributed by atoms with Crippen molar-refractivity contribution in [2.45, 2.75) is 30.6 Å². The molecule has 2 heterocycles. The number of anilines is 2. The Balaban J connectivity index is 1.68. The van der Waals surface area contributed by atoms with Gasteiger partial charge in [-0.05, 0) is 73.2 Å². The van der Waals surface area contributed by atoms with Gasteiger partial charge >= 0.3 is 0 Å². The fraction of sp³-hybridized carbons (Fsp3) is 0.238. The molecule has 0 aliphatic heterocycles. The molecule has 0 saturated heterocycles. The number of nitrogens with one attached hydrogen (secondary N) is 1. The molecule has 1 N–H and O–H groups in total. The molecule has 0 spiro atoms. The molecule has 0 saturated carbocycles. The van der Waals surface area contributed by atoms with E-state index >= 15 is 0 Å². The molecule has 0 bridgehead atoms.